The number of rotatable bonds is 2. The summed E-state index contributed by atoms with van der Waals surface area (Å²) in [5, 5.41) is 10.1. The second-order valence-electron chi connectivity index (χ2n) is 5.01. The summed E-state index contributed by atoms with van der Waals surface area (Å²) in [6.07, 6.45) is -0.365. The Kier molecular flexibility index (Phi) is 3.33. The van der Waals surface area contributed by atoms with Crippen LogP contribution in [0, 0.1) is 11.3 Å². The van der Waals surface area contributed by atoms with Crippen molar-refractivity contribution in [3.63, 3.8) is 0 Å². The van der Waals surface area contributed by atoms with Gasteiger partial charge in [-0.3, -0.25) is 0 Å². The summed E-state index contributed by atoms with van der Waals surface area (Å²) in [6, 6.07) is 9.86. The third-order valence-electron chi connectivity index (χ3n) is 2.98. The van der Waals surface area contributed by atoms with Gasteiger partial charge in [0.05, 0.1) is 6.10 Å². The Hall–Kier alpha value is -0.820. The van der Waals surface area contributed by atoms with Crippen LogP contribution in [0.15, 0.2) is 30.3 Å². The van der Waals surface area contributed by atoms with E-state index in [-0.39, 0.29) is 17.4 Å². The van der Waals surface area contributed by atoms with Crippen molar-refractivity contribution in [2.24, 2.45) is 11.3 Å². The fraction of sp³-hybridized carbons (Fsp3) is 0.538. The van der Waals surface area contributed by atoms with Crippen molar-refractivity contribution in [2.75, 3.05) is 0 Å². The van der Waals surface area contributed by atoms with E-state index in [9.17, 15) is 5.11 Å². The van der Waals surface area contributed by atoms with Crippen molar-refractivity contribution < 1.29 is 5.11 Å². The van der Waals surface area contributed by atoms with E-state index in [1.54, 1.807) is 0 Å². The van der Waals surface area contributed by atoms with E-state index in [2.05, 4.69) is 27.7 Å². The lowest BCUT2D eigenvalue weighted by molar-refractivity contribution is 0.0535. The molecular weight excluding hydrogens is 172 g/mol. The Labute approximate surface area is 86.8 Å². The molecule has 14 heavy (non-hydrogen) atoms. The Balaban J connectivity index is 2.81. The van der Waals surface area contributed by atoms with Crippen LogP contribution in [0.4, 0.5) is 0 Å². The monoisotopic (exact) mass is 192 g/mol. The average Bonchev–Trinajstić information content (AvgIpc) is 2.15. The highest BCUT2D eigenvalue weighted by atomic mass is 16.3. The fourth-order valence-electron chi connectivity index (χ4n) is 1.41. The molecule has 1 rings (SSSR count). The summed E-state index contributed by atoms with van der Waals surface area (Å²) in [4.78, 5) is 0. The molecule has 0 radical (unpaired) electrons. The van der Waals surface area contributed by atoms with E-state index in [4.69, 9.17) is 0 Å². The van der Waals surface area contributed by atoms with E-state index in [0.717, 1.165) is 5.56 Å². The maximum absolute atomic E-state index is 10.1. The molecule has 1 unspecified atom stereocenters. The Bertz CT molecular complexity index is 271. The van der Waals surface area contributed by atoms with Gasteiger partial charge in [0.2, 0.25) is 0 Å². The molecule has 0 saturated heterocycles. The largest absolute Gasteiger partial charge is 0.388 e. The molecular formula is C13H20O. The molecule has 0 bridgehead atoms. The molecule has 0 saturated carbocycles. The summed E-state index contributed by atoms with van der Waals surface area (Å²) in [6.45, 7) is 8.56. The smallest absolute Gasteiger partial charge is 0.0820 e. The number of aliphatic hydroxyl groups is 1. The zero-order chi connectivity index (χ0) is 10.8. The summed E-state index contributed by atoms with van der Waals surface area (Å²) < 4.78 is 0. The molecule has 0 heterocycles. The average molecular weight is 192 g/mol. The first-order valence-electron chi connectivity index (χ1n) is 5.16. The Morgan fingerprint density at radius 1 is 1.07 bits per heavy atom. The summed E-state index contributed by atoms with van der Waals surface area (Å²) in [7, 11) is 0. The highest BCUT2D eigenvalue weighted by Crippen LogP contribution is 2.35. The SMILES string of the molecule is CC([C@@H](O)c1ccccc1)C(C)(C)C. The standard InChI is InChI=1S/C13H20O/c1-10(13(2,3)4)12(14)11-8-6-5-7-9-11/h5-10,12,14H,1-4H3/t10?,12-/m1/s1. The molecule has 2 atom stereocenters. The van der Waals surface area contributed by atoms with Crippen LogP contribution in [0.5, 0.6) is 0 Å². The van der Waals surface area contributed by atoms with Crippen molar-refractivity contribution in [1.82, 2.24) is 0 Å². The van der Waals surface area contributed by atoms with Crippen LogP contribution in [-0.4, -0.2) is 5.11 Å². The van der Waals surface area contributed by atoms with Crippen molar-refractivity contribution in [3.8, 4) is 0 Å². The highest BCUT2D eigenvalue weighted by Gasteiger charge is 2.27. The van der Waals surface area contributed by atoms with Gasteiger partial charge in [-0.15, -0.1) is 0 Å². The van der Waals surface area contributed by atoms with Gasteiger partial charge in [-0.25, -0.2) is 0 Å². The molecule has 0 aromatic heterocycles. The van der Waals surface area contributed by atoms with Gasteiger partial charge in [-0.05, 0) is 16.9 Å². The lowest BCUT2D eigenvalue weighted by Crippen LogP contribution is -2.24. The predicted octanol–water partition coefficient (Wildman–Crippen LogP) is 3.40. The number of hydrogen-bond acceptors (Lipinski definition) is 1. The molecule has 1 nitrogen and oxygen atoms in total. The molecule has 1 heteroatoms. The molecule has 0 aliphatic carbocycles. The predicted molar refractivity (Wildman–Crippen MR) is 60.0 cm³/mol. The van der Waals surface area contributed by atoms with Crippen LogP contribution in [0.2, 0.25) is 0 Å². The van der Waals surface area contributed by atoms with Gasteiger partial charge in [-0.2, -0.15) is 0 Å². The van der Waals surface area contributed by atoms with Gasteiger partial charge in [0.25, 0.3) is 0 Å². The van der Waals surface area contributed by atoms with Crippen molar-refractivity contribution in [1.29, 1.82) is 0 Å². The molecule has 1 N–H and O–H groups in total. The zero-order valence-corrected chi connectivity index (χ0v) is 9.49. The number of hydrogen-bond donors (Lipinski definition) is 1. The third kappa shape index (κ3) is 2.58. The first-order valence-corrected chi connectivity index (χ1v) is 5.16. The Morgan fingerprint density at radius 2 is 1.57 bits per heavy atom. The van der Waals surface area contributed by atoms with Crippen LogP contribution < -0.4 is 0 Å². The maximum atomic E-state index is 10.1. The van der Waals surface area contributed by atoms with Crippen LogP contribution in [0.1, 0.15) is 39.4 Å². The fourth-order valence-corrected chi connectivity index (χ4v) is 1.41. The van der Waals surface area contributed by atoms with E-state index in [1.165, 1.54) is 0 Å². The third-order valence-corrected chi connectivity index (χ3v) is 2.98. The van der Waals surface area contributed by atoms with E-state index in [0.29, 0.717) is 0 Å². The van der Waals surface area contributed by atoms with Crippen LogP contribution in [0.3, 0.4) is 0 Å². The molecule has 0 aliphatic heterocycles. The van der Waals surface area contributed by atoms with Crippen molar-refractivity contribution in [2.45, 2.75) is 33.8 Å². The van der Waals surface area contributed by atoms with Gasteiger partial charge in [0.1, 0.15) is 0 Å². The molecule has 78 valence electrons. The van der Waals surface area contributed by atoms with Gasteiger partial charge in [0, 0.05) is 0 Å². The van der Waals surface area contributed by atoms with E-state index >= 15 is 0 Å². The molecule has 0 spiro atoms. The number of aliphatic hydroxyl groups excluding tert-OH is 1. The minimum Gasteiger partial charge on any atom is -0.388 e. The van der Waals surface area contributed by atoms with Gasteiger partial charge >= 0.3 is 0 Å². The lowest BCUT2D eigenvalue weighted by atomic mass is 9.77. The first kappa shape index (κ1) is 11.3. The number of benzene rings is 1. The van der Waals surface area contributed by atoms with Gasteiger partial charge in [-0.1, -0.05) is 58.0 Å². The molecule has 1 aromatic carbocycles. The second kappa shape index (κ2) is 4.14. The van der Waals surface area contributed by atoms with E-state index in [1.807, 2.05) is 30.3 Å². The van der Waals surface area contributed by atoms with Crippen LogP contribution >= 0.6 is 0 Å². The minimum atomic E-state index is -0.365. The zero-order valence-electron chi connectivity index (χ0n) is 9.49. The quantitative estimate of drug-likeness (QED) is 0.761. The van der Waals surface area contributed by atoms with Crippen molar-refractivity contribution >= 4 is 0 Å². The normalized spacial score (nSPS) is 16.4. The minimum absolute atomic E-state index is 0.134. The molecule has 0 amide bonds. The molecule has 1 aromatic rings. The summed E-state index contributed by atoms with van der Waals surface area (Å²) >= 11 is 0. The van der Waals surface area contributed by atoms with Crippen LogP contribution in [-0.2, 0) is 0 Å². The maximum Gasteiger partial charge on any atom is 0.0820 e. The second-order valence-corrected chi connectivity index (χ2v) is 5.01. The van der Waals surface area contributed by atoms with Gasteiger partial charge < -0.3 is 5.11 Å². The van der Waals surface area contributed by atoms with Crippen LogP contribution in [0.25, 0.3) is 0 Å². The van der Waals surface area contributed by atoms with E-state index < -0.39 is 0 Å². The Morgan fingerprint density at radius 3 is 2.00 bits per heavy atom. The van der Waals surface area contributed by atoms with Gasteiger partial charge in [0.15, 0.2) is 0 Å². The molecule has 0 aliphatic rings. The topological polar surface area (TPSA) is 20.2 Å². The lowest BCUT2D eigenvalue weighted by Gasteiger charge is -2.31. The molecule has 0 fully saturated rings. The summed E-state index contributed by atoms with van der Waals surface area (Å²) in [5.41, 5.74) is 1.14. The highest BCUT2D eigenvalue weighted by molar-refractivity contribution is 5.18. The first-order chi connectivity index (χ1) is 6.43. The summed E-state index contributed by atoms with van der Waals surface area (Å²) in [5.74, 6) is 0.255. The van der Waals surface area contributed by atoms with Crippen molar-refractivity contribution in [3.05, 3.63) is 35.9 Å².